The Hall–Kier alpha value is 0.140. The molecule has 1 fully saturated rings. The van der Waals surface area contributed by atoms with Gasteiger partial charge in [0.05, 0.1) is 0 Å². The van der Waals surface area contributed by atoms with Crippen LogP contribution in [0.5, 0.6) is 0 Å². The summed E-state index contributed by atoms with van der Waals surface area (Å²) in [6, 6.07) is 0. The van der Waals surface area contributed by atoms with Crippen LogP contribution in [-0.4, -0.2) is 15.7 Å². The van der Waals surface area contributed by atoms with Gasteiger partial charge in [-0.3, -0.25) is 0 Å². The van der Waals surface area contributed by atoms with Gasteiger partial charge in [-0.25, -0.2) is 0 Å². The van der Waals surface area contributed by atoms with Crippen LogP contribution >= 0.6 is 11.8 Å². The normalized spacial score (nSPS) is 44.2. The van der Waals surface area contributed by atoms with E-state index >= 15 is 0 Å². The summed E-state index contributed by atoms with van der Waals surface area (Å²) < 4.78 is 34.8. The molecule has 66 valence electrons. The molecule has 1 aliphatic rings. The second-order valence-corrected chi connectivity index (χ2v) is 5.14. The molecule has 0 spiro atoms. The molecule has 2 unspecified atom stereocenters. The molecule has 1 saturated heterocycles. The van der Waals surface area contributed by atoms with Crippen LogP contribution in [0.4, 0.5) is 13.2 Å². The Morgan fingerprint density at radius 3 is 1.82 bits per heavy atom. The van der Waals surface area contributed by atoms with Crippen molar-refractivity contribution in [1.29, 1.82) is 0 Å². The summed E-state index contributed by atoms with van der Waals surface area (Å²) in [5, 5.41) is 0. The summed E-state index contributed by atoms with van der Waals surface area (Å²) in [7, 11) is 0. The monoisotopic (exact) mass is 184 g/mol. The molecule has 1 heterocycles. The predicted octanol–water partition coefficient (Wildman–Crippen LogP) is 3.22. The molecular weight excluding hydrogens is 173 g/mol. The highest BCUT2D eigenvalue weighted by Crippen LogP contribution is 2.71. The topological polar surface area (TPSA) is 0 Å². The Balaban J connectivity index is 2.77. The summed E-state index contributed by atoms with van der Waals surface area (Å²) in [6.45, 7) is 4.75. The number of alkyl halides is 3. The van der Waals surface area contributed by atoms with Gasteiger partial charge < -0.3 is 0 Å². The molecule has 1 aliphatic heterocycles. The van der Waals surface area contributed by atoms with Crippen LogP contribution in [-0.2, 0) is 0 Å². The zero-order chi connectivity index (χ0) is 8.91. The molecule has 0 bridgehead atoms. The lowest BCUT2D eigenvalue weighted by molar-refractivity contribution is -0.151. The number of halogens is 3. The van der Waals surface area contributed by atoms with Crippen LogP contribution in [0, 0.1) is 0 Å². The van der Waals surface area contributed by atoms with Gasteiger partial charge in [-0.2, -0.15) is 13.2 Å². The van der Waals surface area contributed by atoms with E-state index in [2.05, 4.69) is 0 Å². The summed E-state index contributed by atoms with van der Waals surface area (Å²) >= 11 is 1.02. The molecule has 4 heteroatoms. The van der Waals surface area contributed by atoms with E-state index in [1.165, 1.54) is 6.92 Å². The molecule has 2 atom stereocenters. The zero-order valence-corrected chi connectivity index (χ0v) is 7.57. The molecule has 1 rings (SSSR count). The third kappa shape index (κ3) is 1.06. The van der Waals surface area contributed by atoms with Crippen molar-refractivity contribution in [2.24, 2.45) is 0 Å². The van der Waals surface area contributed by atoms with Crippen LogP contribution in [0.2, 0.25) is 0 Å². The second-order valence-electron chi connectivity index (χ2n) is 3.22. The maximum atomic E-state index is 12.3. The molecular formula is C7H11F3S. The molecule has 0 radical (unpaired) electrons. The highest BCUT2D eigenvalue weighted by molar-refractivity contribution is 8.09. The molecule has 0 saturated carbocycles. The van der Waals surface area contributed by atoms with Gasteiger partial charge in [0, 0.05) is 4.75 Å². The Morgan fingerprint density at radius 2 is 1.73 bits per heavy atom. The Morgan fingerprint density at radius 1 is 1.27 bits per heavy atom. The van der Waals surface area contributed by atoms with E-state index in [0.717, 1.165) is 11.8 Å². The van der Waals surface area contributed by atoms with E-state index < -0.39 is 15.7 Å². The Kier molecular flexibility index (Phi) is 1.75. The van der Waals surface area contributed by atoms with Crippen molar-refractivity contribution in [1.82, 2.24) is 0 Å². The van der Waals surface area contributed by atoms with Crippen molar-refractivity contribution in [3.05, 3.63) is 0 Å². The molecule has 0 aromatic heterocycles. The van der Waals surface area contributed by atoms with Gasteiger partial charge in [-0.05, 0) is 20.3 Å². The van der Waals surface area contributed by atoms with Crippen molar-refractivity contribution in [2.75, 3.05) is 0 Å². The lowest BCUT2D eigenvalue weighted by Crippen LogP contribution is -2.35. The summed E-state index contributed by atoms with van der Waals surface area (Å²) in [6.07, 6.45) is -3.48. The maximum Gasteiger partial charge on any atom is 0.404 e. The SMILES string of the molecule is CCC1(C)SC1(C)C(F)(F)F. The fourth-order valence-corrected chi connectivity index (χ4v) is 2.56. The van der Waals surface area contributed by atoms with Crippen molar-refractivity contribution < 1.29 is 13.2 Å². The van der Waals surface area contributed by atoms with Crippen molar-refractivity contribution in [2.45, 2.75) is 42.9 Å². The van der Waals surface area contributed by atoms with Crippen LogP contribution in [0.15, 0.2) is 0 Å². The van der Waals surface area contributed by atoms with E-state index in [1.54, 1.807) is 13.8 Å². The van der Waals surface area contributed by atoms with E-state index in [4.69, 9.17) is 0 Å². The zero-order valence-electron chi connectivity index (χ0n) is 6.75. The highest BCUT2D eigenvalue weighted by atomic mass is 32.2. The first-order valence-electron chi connectivity index (χ1n) is 3.54. The van der Waals surface area contributed by atoms with Gasteiger partial charge in [0.15, 0.2) is 0 Å². The van der Waals surface area contributed by atoms with Crippen molar-refractivity contribution >= 4 is 11.8 Å². The summed E-state index contributed by atoms with van der Waals surface area (Å²) in [4.78, 5) is 0. The molecule has 0 nitrogen and oxygen atoms in total. The van der Waals surface area contributed by atoms with Gasteiger partial charge in [0.25, 0.3) is 0 Å². The van der Waals surface area contributed by atoms with E-state index in [-0.39, 0.29) is 0 Å². The van der Waals surface area contributed by atoms with Crippen LogP contribution in [0.1, 0.15) is 27.2 Å². The third-order valence-electron chi connectivity index (χ3n) is 2.61. The molecule has 0 aromatic rings. The van der Waals surface area contributed by atoms with E-state index in [9.17, 15) is 13.2 Å². The average Bonchev–Trinajstić information content (AvgIpc) is 2.38. The first-order chi connectivity index (χ1) is 4.77. The minimum absolute atomic E-state index is 0.577. The lowest BCUT2D eigenvalue weighted by Gasteiger charge is -2.17. The minimum Gasteiger partial charge on any atom is -0.169 e. The lowest BCUT2D eigenvalue weighted by atomic mass is 9.93. The maximum absolute atomic E-state index is 12.3. The minimum atomic E-state index is -4.05. The summed E-state index contributed by atoms with van der Waals surface area (Å²) in [5.74, 6) is 0. The first kappa shape index (κ1) is 9.23. The van der Waals surface area contributed by atoms with Gasteiger partial charge in [-0.1, -0.05) is 6.92 Å². The Bertz CT molecular complexity index is 177. The number of rotatable bonds is 1. The quantitative estimate of drug-likeness (QED) is 0.564. The molecule has 0 aliphatic carbocycles. The standard InChI is InChI=1S/C7H11F3S/c1-4-5(2)6(3,11-5)7(8,9)10/h4H2,1-3H3. The van der Waals surface area contributed by atoms with Gasteiger partial charge in [-0.15, -0.1) is 11.8 Å². The van der Waals surface area contributed by atoms with Gasteiger partial charge in [0.1, 0.15) is 4.75 Å². The smallest absolute Gasteiger partial charge is 0.169 e. The number of thioether (sulfide) groups is 1. The fraction of sp³-hybridized carbons (Fsp3) is 1.00. The number of hydrogen-bond acceptors (Lipinski definition) is 1. The number of hydrogen-bond donors (Lipinski definition) is 0. The van der Waals surface area contributed by atoms with Crippen molar-refractivity contribution in [3.63, 3.8) is 0 Å². The second kappa shape index (κ2) is 2.09. The van der Waals surface area contributed by atoms with E-state index in [1.807, 2.05) is 0 Å². The van der Waals surface area contributed by atoms with E-state index in [0.29, 0.717) is 6.42 Å². The van der Waals surface area contributed by atoms with Gasteiger partial charge >= 0.3 is 6.18 Å². The summed E-state index contributed by atoms with van der Waals surface area (Å²) in [5.41, 5.74) is 0. The van der Waals surface area contributed by atoms with Crippen molar-refractivity contribution in [3.8, 4) is 0 Å². The Labute approximate surface area is 68.5 Å². The highest BCUT2D eigenvalue weighted by Gasteiger charge is 2.75. The van der Waals surface area contributed by atoms with Gasteiger partial charge in [0.2, 0.25) is 0 Å². The van der Waals surface area contributed by atoms with Crippen LogP contribution < -0.4 is 0 Å². The molecule has 11 heavy (non-hydrogen) atoms. The van der Waals surface area contributed by atoms with Crippen LogP contribution in [0.3, 0.4) is 0 Å². The predicted molar refractivity (Wildman–Crippen MR) is 40.7 cm³/mol. The first-order valence-corrected chi connectivity index (χ1v) is 4.35. The average molecular weight is 184 g/mol. The van der Waals surface area contributed by atoms with Crippen LogP contribution in [0.25, 0.3) is 0 Å². The molecule has 0 aromatic carbocycles. The third-order valence-corrected chi connectivity index (χ3v) is 4.65. The molecule has 0 amide bonds. The fourth-order valence-electron chi connectivity index (χ4n) is 1.19. The largest absolute Gasteiger partial charge is 0.404 e. The molecule has 0 N–H and O–H groups in total.